The van der Waals surface area contributed by atoms with Crippen LogP contribution in [-0.4, -0.2) is 28.1 Å². The molecular formula is C15H16INO4. The first-order chi connectivity index (χ1) is 9.97. The van der Waals surface area contributed by atoms with Gasteiger partial charge in [-0.25, -0.2) is 0 Å². The van der Waals surface area contributed by atoms with Crippen molar-refractivity contribution >= 4 is 34.5 Å². The molecule has 21 heavy (non-hydrogen) atoms. The van der Waals surface area contributed by atoms with Crippen molar-refractivity contribution in [3.8, 4) is 5.75 Å². The number of hydrogen-bond donors (Lipinski definition) is 3. The van der Waals surface area contributed by atoms with Crippen LogP contribution in [0.2, 0.25) is 0 Å². The number of phenolic OH excluding ortho intramolecular Hbond substituents is 1. The van der Waals surface area contributed by atoms with E-state index in [0.717, 1.165) is 19.3 Å². The van der Waals surface area contributed by atoms with Gasteiger partial charge in [0, 0.05) is 11.6 Å². The lowest BCUT2D eigenvalue weighted by Crippen LogP contribution is -2.46. The van der Waals surface area contributed by atoms with E-state index in [9.17, 15) is 19.8 Å². The highest BCUT2D eigenvalue weighted by Gasteiger charge is 2.51. The highest BCUT2D eigenvalue weighted by molar-refractivity contribution is 14.1. The molecule has 2 aliphatic rings. The van der Waals surface area contributed by atoms with Crippen LogP contribution in [0.25, 0.3) is 0 Å². The summed E-state index contributed by atoms with van der Waals surface area (Å²) in [5, 5.41) is 21.9. The fraction of sp³-hybridized carbons (Fsp3) is 0.467. The molecule has 0 aliphatic heterocycles. The lowest BCUT2D eigenvalue weighted by molar-refractivity contribution is -0.144. The maximum atomic E-state index is 12.3. The zero-order valence-electron chi connectivity index (χ0n) is 11.3. The van der Waals surface area contributed by atoms with Crippen LogP contribution in [0.3, 0.4) is 0 Å². The summed E-state index contributed by atoms with van der Waals surface area (Å²) in [7, 11) is 0. The maximum absolute atomic E-state index is 12.3. The lowest BCUT2D eigenvalue weighted by Gasteiger charge is -2.28. The fourth-order valence-electron chi connectivity index (χ4n) is 3.74. The number of fused-ring (bicyclic) bond motifs is 2. The quantitative estimate of drug-likeness (QED) is 0.679. The van der Waals surface area contributed by atoms with E-state index in [2.05, 4.69) is 5.32 Å². The number of hydrogen-bond acceptors (Lipinski definition) is 3. The second-order valence-electron chi connectivity index (χ2n) is 5.86. The molecule has 0 spiro atoms. The molecule has 3 N–H and O–H groups in total. The first-order valence-corrected chi connectivity index (χ1v) is 8.07. The summed E-state index contributed by atoms with van der Waals surface area (Å²) in [6, 6.07) is 4.43. The fourth-order valence-corrected chi connectivity index (χ4v) is 4.08. The third-order valence-electron chi connectivity index (χ3n) is 4.71. The SMILES string of the molecule is O=C(NC1C2CCC(C2)C1C(=O)O)c1ccc(I)c(O)c1. The Balaban J connectivity index is 1.77. The van der Waals surface area contributed by atoms with Gasteiger partial charge in [-0.15, -0.1) is 0 Å². The highest BCUT2D eigenvalue weighted by atomic mass is 127. The van der Waals surface area contributed by atoms with Gasteiger partial charge < -0.3 is 15.5 Å². The lowest BCUT2D eigenvalue weighted by atomic mass is 9.84. The molecule has 4 unspecified atom stereocenters. The number of amides is 1. The largest absolute Gasteiger partial charge is 0.507 e. The molecule has 3 rings (SSSR count). The summed E-state index contributed by atoms with van der Waals surface area (Å²) in [6.07, 6.45) is 2.81. The number of carbonyl (C=O) groups excluding carboxylic acids is 1. The summed E-state index contributed by atoms with van der Waals surface area (Å²) in [6.45, 7) is 0. The molecular weight excluding hydrogens is 385 g/mol. The van der Waals surface area contributed by atoms with Gasteiger partial charge in [-0.1, -0.05) is 0 Å². The molecule has 2 saturated carbocycles. The predicted molar refractivity (Wildman–Crippen MR) is 84.0 cm³/mol. The minimum Gasteiger partial charge on any atom is -0.507 e. The summed E-state index contributed by atoms with van der Waals surface area (Å²) >= 11 is 1.98. The van der Waals surface area contributed by atoms with Crippen LogP contribution in [0.5, 0.6) is 5.75 Å². The van der Waals surface area contributed by atoms with Crippen LogP contribution >= 0.6 is 22.6 Å². The van der Waals surface area contributed by atoms with Crippen LogP contribution in [0, 0.1) is 21.3 Å². The Labute approximate surface area is 135 Å². The molecule has 4 atom stereocenters. The molecule has 6 heteroatoms. The molecule has 112 valence electrons. The topological polar surface area (TPSA) is 86.6 Å². The molecule has 1 aromatic rings. The minimum absolute atomic E-state index is 0.0611. The van der Waals surface area contributed by atoms with Gasteiger partial charge in [0.05, 0.1) is 9.49 Å². The molecule has 2 bridgehead atoms. The normalized spacial score (nSPS) is 30.3. The average molecular weight is 401 g/mol. The summed E-state index contributed by atoms with van der Waals surface area (Å²) in [4.78, 5) is 23.7. The average Bonchev–Trinajstić information content (AvgIpc) is 3.02. The summed E-state index contributed by atoms with van der Waals surface area (Å²) in [5.74, 6) is -1.11. The van der Waals surface area contributed by atoms with Crippen molar-refractivity contribution in [2.24, 2.45) is 17.8 Å². The molecule has 1 amide bonds. The summed E-state index contributed by atoms with van der Waals surface area (Å²) in [5.41, 5.74) is 0.361. The second-order valence-corrected chi connectivity index (χ2v) is 7.02. The van der Waals surface area contributed by atoms with Crippen LogP contribution in [0.15, 0.2) is 18.2 Å². The number of benzene rings is 1. The van der Waals surface area contributed by atoms with Gasteiger partial charge in [0.25, 0.3) is 5.91 Å². The zero-order valence-corrected chi connectivity index (χ0v) is 13.4. The van der Waals surface area contributed by atoms with E-state index >= 15 is 0 Å². The Bertz CT molecular complexity index is 603. The molecule has 2 fully saturated rings. The first kappa shape index (κ1) is 14.6. The number of carboxylic acids is 1. The number of aromatic hydroxyl groups is 1. The van der Waals surface area contributed by atoms with Gasteiger partial charge in [0.2, 0.25) is 0 Å². The van der Waals surface area contributed by atoms with Gasteiger partial charge >= 0.3 is 5.97 Å². The van der Waals surface area contributed by atoms with Crippen molar-refractivity contribution in [3.05, 3.63) is 27.3 Å². The number of phenols is 1. The number of aliphatic carboxylic acids is 1. The van der Waals surface area contributed by atoms with Gasteiger partial charge in [-0.05, 0) is 71.9 Å². The zero-order chi connectivity index (χ0) is 15.1. The van der Waals surface area contributed by atoms with Crippen molar-refractivity contribution in [2.75, 3.05) is 0 Å². The third kappa shape index (κ3) is 2.61. The van der Waals surface area contributed by atoms with Crippen LogP contribution in [-0.2, 0) is 4.79 Å². The third-order valence-corrected chi connectivity index (χ3v) is 5.62. The smallest absolute Gasteiger partial charge is 0.308 e. The standard InChI is InChI=1S/C15H16INO4/c16-10-4-3-9(6-11(10)18)14(19)17-13-8-2-1-7(5-8)12(13)15(20)21/h3-4,6-8,12-13,18H,1-2,5H2,(H,17,19)(H,20,21). The van der Waals surface area contributed by atoms with E-state index in [1.165, 1.54) is 6.07 Å². The Morgan fingerprint density at radius 1 is 1.24 bits per heavy atom. The van der Waals surface area contributed by atoms with Crippen molar-refractivity contribution in [1.82, 2.24) is 5.32 Å². The van der Waals surface area contributed by atoms with Crippen molar-refractivity contribution < 1.29 is 19.8 Å². The second kappa shape index (κ2) is 5.47. The first-order valence-electron chi connectivity index (χ1n) is 6.99. The molecule has 1 aromatic carbocycles. The van der Waals surface area contributed by atoms with E-state index in [1.807, 2.05) is 22.6 Å². The predicted octanol–water partition coefficient (Wildman–Crippen LogP) is 2.23. The number of rotatable bonds is 3. The van der Waals surface area contributed by atoms with Crippen molar-refractivity contribution in [1.29, 1.82) is 0 Å². The maximum Gasteiger partial charge on any atom is 0.308 e. The number of nitrogens with one attached hydrogen (secondary N) is 1. The highest BCUT2D eigenvalue weighted by Crippen LogP contribution is 2.48. The van der Waals surface area contributed by atoms with Crippen LogP contribution in [0.1, 0.15) is 29.6 Å². The molecule has 0 heterocycles. The number of carboxylic acid groups (broad SMARTS) is 1. The van der Waals surface area contributed by atoms with E-state index in [4.69, 9.17) is 0 Å². The van der Waals surface area contributed by atoms with Crippen LogP contribution < -0.4 is 5.32 Å². The van der Waals surface area contributed by atoms with Gasteiger partial charge in [-0.3, -0.25) is 9.59 Å². The molecule has 0 aromatic heterocycles. The molecule has 0 saturated heterocycles. The Hall–Kier alpha value is -1.31. The Kier molecular flexibility index (Phi) is 3.81. The number of carbonyl (C=O) groups is 2. The molecule has 0 radical (unpaired) electrons. The van der Waals surface area contributed by atoms with Gasteiger partial charge in [0.1, 0.15) is 5.75 Å². The van der Waals surface area contributed by atoms with Gasteiger partial charge in [0.15, 0.2) is 0 Å². The minimum atomic E-state index is -0.821. The monoisotopic (exact) mass is 401 g/mol. The molecule has 5 nitrogen and oxygen atoms in total. The van der Waals surface area contributed by atoms with E-state index in [-0.39, 0.29) is 29.5 Å². The number of halogens is 1. The van der Waals surface area contributed by atoms with Gasteiger partial charge in [-0.2, -0.15) is 0 Å². The summed E-state index contributed by atoms with van der Waals surface area (Å²) < 4.78 is 0.674. The van der Waals surface area contributed by atoms with E-state index in [1.54, 1.807) is 12.1 Å². The van der Waals surface area contributed by atoms with Crippen molar-refractivity contribution in [2.45, 2.75) is 25.3 Å². The Morgan fingerprint density at radius 3 is 2.62 bits per heavy atom. The van der Waals surface area contributed by atoms with E-state index < -0.39 is 11.9 Å². The molecule has 2 aliphatic carbocycles. The van der Waals surface area contributed by atoms with Crippen molar-refractivity contribution in [3.63, 3.8) is 0 Å². The van der Waals surface area contributed by atoms with E-state index in [0.29, 0.717) is 9.13 Å². The van der Waals surface area contributed by atoms with Crippen LogP contribution in [0.4, 0.5) is 0 Å². The Morgan fingerprint density at radius 2 is 1.95 bits per heavy atom.